The summed E-state index contributed by atoms with van der Waals surface area (Å²) in [5, 5.41) is 14.6. The maximum Gasteiger partial charge on any atom is 0.0962 e. The van der Waals surface area contributed by atoms with Crippen LogP contribution in [-0.4, -0.2) is 16.6 Å². The summed E-state index contributed by atoms with van der Waals surface area (Å²) in [5.74, 6) is 0. The monoisotopic (exact) mass is 278 g/mol. The van der Waals surface area contributed by atoms with E-state index in [2.05, 4.69) is 29.4 Å². The predicted molar refractivity (Wildman–Crippen MR) is 86.4 cm³/mol. The van der Waals surface area contributed by atoms with E-state index in [1.54, 1.807) is 6.20 Å². The van der Waals surface area contributed by atoms with Crippen LogP contribution in [0, 0.1) is 6.92 Å². The molecule has 1 unspecified atom stereocenters. The van der Waals surface area contributed by atoms with E-state index < -0.39 is 6.10 Å². The molecule has 0 amide bonds. The number of anilines is 1. The van der Waals surface area contributed by atoms with E-state index in [-0.39, 0.29) is 0 Å². The molecule has 2 aromatic carbocycles. The zero-order valence-electron chi connectivity index (χ0n) is 12.0. The minimum atomic E-state index is -0.528. The number of aliphatic hydroxyl groups is 1. The van der Waals surface area contributed by atoms with Gasteiger partial charge in [-0.2, -0.15) is 0 Å². The molecule has 2 N–H and O–H groups in total. The molecule has 3 heteroatoms. The molecule has 1 atom stereocenters. The second-order valence-electron chi connectivity index (χ2n) is 5.19. The molecular formula is C18H18N2O. The van der Waals surface area contributed by atoms with Crippen molar-refractivity contribution >= 4 is 16.6 Å². The van der Waals surface area contributed by atoms with Gasteiger partial charge in [0.2, 0.25) is 0 Å². The Balaban J connectivity index is 1.81. The van der Waals surface area contributed by atoms with Gasteiger partial charge in [-0.05, 0) is 30.7 Å². The summed E-state index contributed by atoms with van der Waals surface area (Å²) in [4.78, 5) is 4.37. The molecule has 21 heavy (non-hydrogen) atoms. The fraction of sp³-hybridized carbons (Fsp3) is 0.167. The Bertz CT molecular complexity index is 741. The third-order valence-electron chi connectivity index (χ3n) is 3.57. The van der Waals surface area contributed by atoms with Gasteiger partial charge in [-0.1, -0.05) is 42.0 Å². The highest BCUT2D eigenvalue weighted by Gasteiger charge is 2.08. The minimum absolute atomic E-state index is 0.469. The molecule has 106 valence electrons. The molecule has 0 fully saturated rings. The van der Waals surface area contributed by atoms with E-state index in [1.165, 1.54) is 5.56 Å². The van der Waals surface area contributed by atoms with E-state index in [9.17, 15) is 5.11 Å². The van der Waals surface area contributed by atoms with Crippen molar-refractivity contribution in [2.24, 2.45) is 0 Å². The number of aliphatic hydroxyl groups excluding tert-OH is 1. The van der Waals surface area contributed by atoms with E-state index in [1.807, 2.05) is 42.5 Å². The number of nitrogens with zero attached hydrogens (tertiary/aromatic N) is 1. The lowest BCUT2D eigenvalue weighted by Gasteiger charge is -2.14. The van der Waals surface area contributed by atoms with Gasteiger partial charge < -0.3 is 10.4 Å². The van der Waals surface area contributed by atoms with Gasteiger partial charge in [0.25, 0.3) is 0 Å². The van der Waals surface area contributed by atoms with Crippen LogP contribution in [0.4, 0.5) is 5.69 Å². The maximum absolute atomic E-state index is 10.2. The minimum Gasteiger partial charge on any atom is -0.387 e. The van der Waals surface area contributed by atoms with Gasteiger partial charge in [-0.3, -0.25) is 4.98 Å². The van der Waals surface area contributed by atoms with Gasteiger partial charge in [0.05, 0.1) is 11.6 Å². The first-order valence-corrected chi connectivity index (χ1v) is 7.06. The Labute approximate surface area is 124 Å². The lowest BCUT2D eigenvalue weighted by molar-refractivity contribution is 0.191. The molecular weight excluding hydrogens is 260 g/mol. The highest BCUT2D eigenvalue weighted by atomic mass is 16.3. The quantitative estimate of drug-likeness (QED) is 0.765. The number of rotatable bonds is 4. The fourth-order valence-electron chi connectivity index (χ4n) is 2.41. The third-order valence-corrected chi connectivity index (χ3v) is 3.57. The van der Waals surface area contributed by atoms with Gasteiger partial charge in [0.15, 0.2) is 0 Å². The number of pyridine rings is 1. The molecule has 0 spiro atoms. The first-order valence-electron chi connectivity index (χ1n) is 7.06. The van der Waals surface area contributed by atoms with E-state index in [0.29, 0.717) is 6.54 Å². The van der Waals surface area contributed by atoms with E-state index in [4.69, 9.17) is 0 Å². The second-order valence-corrected chi connectivity index (χ2v) is 5.19. The topological polar surface area (TPSA) is 45.2 Å². The summed E-state index contributed by atoms with van der Waals surface area (Å²) < 4.78 is 0. The Kier molecular flexibility index (Phi) is 3.84. The molecule has 0 aliphatic rings. The summed E-state index contributed by atoms with van der Waals surface area (Å²) in [5.41, 5.74) is 4.07. The molecule has 3 aromatic rings. The molecule has 0 radical (unpaired) electrons. The first-order chi connectivity index (χ1) is 10.2. The van der Waals surface area contributed by atoms with Crippen molar-refractivity contribution in [3.63, 3.8) is 0 Å². The summed E-state index contributed by atoms with van der Waals surface area (Å²) in [6.07, 6.45) is 1.26. The van der Waals surface area contributed by atoms with Gasteiger partial charge in [0, 0.05) is 23.8 Å². The van der Waals surface area contributed by atoms with Crippen molar-refractivity contribution in [2.75, 3.05) is 11.9 Å². The normalized spacial score (nSPS) is 12.3. The summed E-state index contributed by atoms with van der Waals surface area (Å²) in [6, 6.07) is 17.8. The summed E-state index contributed by atoms with van der Waals surface area (Å²) in [6.45, 7) is 2.53. The summed E-state index contributed by atoms with van der Waals surface area (Å²) >= 11 is 0. The Hall–Kier alpha value is -2.39. The molecule has 1 aromatic heterocycles. The molecule has 0 saturated carbocycles. The zero-order valence-corrected chi connectivity index (χ0v) is 12.0. The molecule has 3 rings (SSSR count). The van der Waals surface area contributed by atoms with Crippen LogP contribution in [0.15, 0.2) is 60.8 Å². The van der Waals surface area contributed by atoms with Crippen LogP contribution in [0.25, 0.3) is 10.9 Å². The zero-order chi connectivity index (χ0) is 14.7. The van der Waals surface area contributed by atoms with Crippen molar-refractivity contribution in [2.45, 2.75) is 13.0 Å². The number of hydrogen-bond acceptors (Lipinski definition) is 3. The number of benzene rings is 2. The Morgan fingerprint density at radius 2 is 1.90 bits per heavy atom. The number of hydrogen-bond donors (Lipinski definition) is 2. The standard InChI is InChI=1S/C18H18N2O/c1-13-7-8-16-15(11-13)17(9-10-19-16)20-12-18(21)14-5-3-2-4-6-14/h2-11,18,21H,12H2,1H3,(H,19,20). The van der Waals surface area contributed by atoms with Gasteiger partial charge in [0.1, 0.15) is 0 Å². The van der Waals surface area contributed by atoms with Crippen LogP contribution in [0.2, 0.25) is 0 Å². The molecule has 3 nitrogen and oxygen atoms in total. The number of aryl methyl sites for hydroxylation is 1. The molecule has 0 aliphatic heterocycles. The van der Waals surface area contributed by atoms with Crippen molar-refractivity contribution in [1.82, 2.24) is 4.98 Å². The third kappa shape index (κ3) is 3.03. The molecule has 0 bridgehead atoms. The van der Waals surface area contributed by atoms with Gasteiger partial charge in [-0.25, -0.2) is 0 Å². The van der Waals surface area contributed by atoms with E-state index >= 15 is 0 Å². The van der Waals surface area contributed by atoms with Crippen LogP contribution in [0.3, 0.4) is 0 Å². The Morgan fingerprint density at radius 1 is 1.10 bits per heavy atom. The first kappa shape index (κ1) is 13.6. The maximum atomic E-state index is 10.2. The summed E-state index contributed by atoms with van der Waals surface area (Å²) in [7, 11) is 0. The molecule has 0 saturated heterocycles. The smallest absolute Gasteiger partial charge is 0.0962 e. The SMILES string of the molecule is Cc1ccc2nccc(NCC(O)c3ccccc3)c2c1. The molecule has 1 heterocycles. The Morgan fingerprint density at radius 3 is 2.71 bits per heavy atom. The number of aromatic nitrogens is 1. The highest BCUT2D eigenvalue weighted by molar-refractivity contribution is 5.91. The van der Waals surface area contributed by atoms with Crippen molar-refractivity contribution in [3.8, 4) is 0 Å². The van der Waals surface area contributed by atoms with Crippen molar-refractivity contribution < 1.29 is 5.11 Å². The van der Waals surface area contributed by atoms with Crippen LogP contribution >= 0.6 is 0 Å². The predicted octanol–water partition coefficient (Wildman–Crippen LogP) is 3.69. The van der Waals surface area contributed by atoms with Gasteiger partial charge in [-0.15, -0.1) is 0 Å². The van der Waals surface area contributed by atoms with Crippen LogP contribution in [0.1, 0.15) is 17.2 Å². The van der Waals surface area contributed by atoms with Crippen molar-refractivity contribution in [1.29, 1.82) is 0 Å². The van der Waals surface area contributed by atoms with Crippen LogP contribution in [0.5, 0.6) is 0 Å². The average Bonchev–Trinajstić information content (AvgIpc) is 2.53. The highest BCUT2D eigenvalue weighted by Crippen LogP contribution is 2.23. The fourth-order valence-corrected chi connectivity index (χ4v) is 2.41. The lowest BCUT2D eigenvalue weighted by atomic mass is 10.1. The molecule has 0 aliphatic carbocycles. The van der Waals surface area contributed by atoms with Crippen LogP contribution in [-0.2, 0) is 0 Å². The second kappa shape index (κ2) is 5.94. The largest absolute Gasteiger partial charge is 0.387 e. The lowest BCUT2D eigenvalue weighted by Crippen LogP contribution is -2.12. The average molecular weight is 278 g/mol. The number of nitrogens with one attached hydrogen (secondary N) is 1. The van der Waals surface area contributed by atoms with Crippen molar-refractivity contribution in [3.05, 3.63) is 71.9 Å². The van der Waals surface area contributed by atoms with Crippen LogP contribution < -0.4 is 5.32 Å². The van der Waals surface area contributed by atoms with E-state index in [0.717, 1.165) is 22.2 Å². The number of fused-ring (bicyclic) bond motifs is 1. The van der Waals surface area contributed by atoms with Gasteiger partial charge >= 0.3 is 0 Å².